The van der Waals surface area contributed by atoms with E-state index >= 15 is 0 Å². The van der Waals surface area contributed by atoms with E-state index in [0.717, 1.165) is 13.1 Å². The zero-order chi connectivity index (χ0) is 28.2. The molecule has 228 valence electrons. The van der Waals surface area contributed by atoms with Crippen LogP contribution in [-0.2, 0) is 37.9 Å². The second-order valence-corrected chi connectivity index (χ2v) is 8.62. The predicted octanol–water partition coefficient (Wildman–Crippen LogP) is 1.23. The second-order valence-electron chi connectivity index (χ2n) is 8.62. The van der Waals surface area contributed by atoms with Crippen molar-refractivity contribution in [3.63, 3.8) is 0 Å². The number of hydrogen-bond donors (Lipinski definition) is 2. The van der Waals surface area contributed by atoms with E-state index in [1.165, 1.54) is 16.8 Å². The highest BCUT2D eigenvalue weighted by molar-refractivity contribution is 5.54. The smallest absolute Gasteiger partial charge is 0.0701 e. The van der Waals surface area contributed by atoms with Gasteiger partial charge in [-0.05, 0) is 31.0 Å². The molecule has 0 saturated carbocycles. The first-order valence-electron chi connectivity index (χ1n) is 13.8. The van der Waals surface area contributed by atoms with E-state index in [9.17, 15) is 0 Å². The molecule has 2 N–H and O–H groups in total. The maximum Gasteiger partial charge on any atom is 0.0701 e. The molecule has 0 heterocycles. The Hall–Kier alpha value is -1.38. The average molecular weight is 562 g/mol. The van der Waals surface area contributed by atoms with E-state index in [1.54, 1.807) is 0 Å². The van der Waals surface area contributed by atoms with Crippen molar-refractivity contribution in [1.29, 1.82) is 0 Å². The van der Waals surface area contributed by atoms with Crippen LogP contribution in [0.4, 0.5) is 5.69 Å². The monoisotopic (exact) mass is 561 g/mol. The summed E-state index contributed by atoms with van der Waals surface area (Å²) in [7, 11) is 0. The molecular formula is C28H51NO10. The van der Waals surface area contributed by atoms with Crippen LogP contribution in [0.15, 0.2) is 18.2 Å². The number of rotatable bonds is 29. The third-order valence-corrected chi connectivity index (χ3v) is 5.42. The molecule has 0 saturated heterocycles. The van der Waals surface area contributed by atoms with Crippen molar-refractivity contribution in [3.05, 3.63) is 29.3 Å². The number of benzene rings is 1. The Morgan fingerprint density at radius 3 is 1.18 bits per heavy atom. The Bertz CT molecular complexity index is 637. The Labute approximate surface area is 234 Å². The van der Waals surface area contributed by atoms with Crippen LogP contribution in [0.2, 0.25) is 0 Å². The average Bonchev–Trinajstić information content (AvgIpc) is 2.94. The highest BCUT2D eigenvalue weighted by Crippen LogP contribution is 2.21. The minimum absolute atomic E-state index is 0.0252. The van der Waals surface area contributed by atoms with Crippen molar-refractivity contribution in [3.8, 4) is 0 Å². The van der Waals surface area contributed by atoms with Crippen molar-refractivity contribution in [2.45, 2.75) is 13.8 Å². The van der Waals surface area contributed by atoms with Crippen LogP contribution in [0.3, 0.4) is 0 Å². The van der Waals surface area contributed by atoms with Gasteiger partial charge in [-0.15, -0.1) is 0 Å². The van der Waals surface area contributed by atoms with Crippen LogP contribution in [0.25, 0.3) is 0 Å². The Kier molecular flexibility index (Phi) is 24.5. The molecule has 1 aromatic rings. The van der Waals surface area contributed by atoms with Crippen molar-refractivity contribution in [2.75, 3.05) is 137 Å². The van der Waals surface area contributed by atoms with Gasteiger partial charge in [0.05, 0.1) is 119 Å². The number of anilines is 1. The second kappa shape index (κ2) is 26.8. The van der Waals surface area contributed by atoms with Crippen LogP contribution < -0.4 is 4.90 Å². The zero-order valence-corrected chi connectivity index (χ0v) is 24.0. The van der Waals surface area contributed by atoms with Crippen LogP contribution in [0.1, 0.15) is 11.1 Å². The number of hydrogen-bond acceptors (Lipinski definition) is 11. The van der Waals surface area contributed by atoms with E-state index in [0.29, 0.717) is 106 Å². The van der Waals surface area contributed by atoms with E-state index in [1.807, 2.05) is 0 Å². The van der Waals surface area contributed by atoms with Gasteiger partial charge in [0, 0.05) is 18.8 Å². The molecule has 0 atom stereocenters. The predicted molar refractivity (Wildman–Crippen MR) is 149 cm³/mol. The molecule has 0 radical (unpaired) electrons. The Morgan fingerprint density at radius 2 is 0.821 bits per heavy atom. The highest BCUT2D eigenvalue weighted by atomic mass is 16.6. The summed E-state index contributed by atoms with van der Waals surface area (Å²) in [5.41, 5.74) is 3.62. The molecular weight excluding hydrogens is 510 g/mol. The summed E-state index contributed by atoms with van der Waals surface area (Å²) in [6.45, 7) is 13.6. The first-order chi connectivity index (χ1) is 19.2. The van der Waals surface area contributed by atoms with Crippen molar-refractivity contribution in [2.24, 2.45) is 0 Å². The lowest BCUT2D eigenvalue weighted by Gasteiger charge is -2.27. The number of ether oxygens (including phenoxy) is 8. The van der Waals surface area contributed by atoms with Gasteiger partial charge in [0.25, 0.3) is 0 Å². The number of aliphatic hydroxyl groups excluding tert-OH is 2. The molecule has 0 amide bonds. The maximum atomic E-state index is 8.63. The lowest BCUT2D eigenvalue weighted by Crippen LogP contribution is -2.32. The van der Waals surface area contributed by atoms with Gasteiger partial charge < -0.3 is 53.0 Å². The summed E-state index contributed by atoms with van der Waals surface area (Å²) < 4.78 is 43.7. The van der Waals surface area contributed by atoms with Gasteiger partial charge in [0.2, 0.25) is 0 Å². The first kappa shape index (κ1) is 35.6. The molecule has 11 nitrogen and oxygen atoms in total. The largest absolute Gasteiger partial charge is 0.394 e. The van der Waals surface area contributed by atoms with Crippen LogP contribution >= 0.6 is 0 Å². The van der Waals surface area contributed by atoms with Gasteiger partial charge in [-0.2, -0.15) is 0 Å². The molecule has 0 aliphatic heterocycles. The first-order valence-corrected chi connectivity index (χ1v) is 13.8. The van der Waals surface area contributed by atoms with Crippen molar-refractivity contribution in [1.82, 2.24) is 0 Å². The van der Waals surface area contributed by atoms with E-state index in [-0.39, 0.29) is 13.2 Å². The maximum absolute atomic E-state index is 8.63. The zero-order valence-electron chi connectivity index (χ0n) is 24.0. The van der Waals surface area contributed by atoms with Gasteiger partial charge in [0.1, 0.15) is 0 Å². The molecule has 0 aromatic heterocycles. The van der Waals surface area contributed by atoms with Crippen LogP contribution in [0.5, 0.6) is 0 Å². The fourth-order valence-electron chi connectivity index (χ4n) is 3.42. The van der Waals surface area contributed by atoms with Crippen molar-refractivity contribution < 1.29 is 48.1 Å². The molecule has 0 aliphatic rings. The van der Waals surface area contributed by atoms with Crippen LogP contribution in [0, 0.1) is 13.8 Å². The molecule has 0 unspecified atom stereocenters. The van der Waals surface area contributed by atoms with Gasteiger partial charge in [-0.1, -0.05) is 12.1 Å². The third kappa shape index (κ3) is 21.1. The summed E-state index contributed by atoms with van der Waals surface area (Å²) in [4.78, 5) is 2.30. The molecule has 0 fully saturated rings. The summed E-state index contributed by atoms with van der Waals surface area (Å²) >= 11 is 0. The molecule has 11 heteroatoms. The van der Waals surface area contributed by atoms with Gasteiger partial charge in [0.15, 0.2) is 0 Å². The molecule has 0 aliphatic carbocycles. The quantitative estimate of drug-likeness (QED) is 0.138. The third-order valence-electron chi connectivity index (χ3n) is 5.42. The Morgan fingerprint density at radius 1 is 0.487 bits per heavy atom. The topological polar surface area (TPSA) is 118 Å². The highest BCUT2D eigenvalue weighted by Gasteiger charge is 2.10. The summed E-state index contributed by atoms with van der Waals surface area (Å²) in [5.74, 6) is 0. The lowest BCUT2D eigenvalue weighted by molar-refractivity contribution is -0.00591. The fourth-order valence-corrected chi connectivity index (χ4v) is 3.42. The molecule has 1 rings (SSSR count). The molecule has 1 aromatic carbocycles. The normalized spacial score (nSPS) is 11.4. The van der Waals surface area contributed by atoms with Gasteiger partial charge in [-0.25, -0.2) is 0 Å². The van der Waals surface area contributed by atoms with Gasteiger partial charge in [-0.3, -0.25) is 0 Å². The van der Waals surface area contributed by atoms with E-state index < -0.39 is 0 Å². The number of aliphatic hydroxyl groups is 2. The van der Waals surface area contributed by atoms with E-state index in [2.05, 4.69) is 36.9 Å². The molecule has 39 heavy (non-hydrogen) atoms. The summed E-state index contributed by atoms with van der Waals surface area (Å²) in [5, 5.41) is 17.3. The van der Waals surface area contributed by atoms with Crippen molar-refractivity contribution >= 4 is 5.69 Å². The van der Waals surface area contributed by atoms with Crippen LogP contribution in [-0.4, -0.2) is 142 Å². The summed E-state index contributed by atoms with van der Waals surface area (Å²) in [6.07, 6.45) is 0. The lowest BCUT2D eigenvalue weighted by atomic mass is 10.1. The van der Waals surface area contributed by atoms with E-state index in [4.69, 9.17) is 48.1 Å². The standard InChI is InChI=1S/C28H51NO10/c1-26-3-4-27(2)28(25-26)29(5-9-32-13-17-36-21-23-38-19-15-34-11-7-30)6-10-33-14-18-37-22-24-39-20-16-35-12-8-31/h3-4,25,30-31H,5-24H2,1-2H3. The molecule has 0 bridgehead atoms. The van der Waals surface area contributed by atoms with Gasteiger partial charge >= 0.3 is 0 Å². The SMILES string of the molecule is Cc1ccc(C)c(N(CCOCCOCCOCCOCCO)CCOCCOCCOCCOCCO)c1. The number of aryl methyl sites for hydroxylation is 2. The summed E-state index contributed by atoms with van der Waals surface area (Å²) in [6, 6.07) is 6.46. The fraction of sp³-hybridized carbons (Fsp3) is 0.786. The minimum Gasteiger partial charge on any atom is -0.394 e. The number of nitrogens with zero attached hydrogens (tertiary/aromatic N) is 1. The molecule has 0 spiro atoms. The minimum atomic E-state index is 0.0252. The Balaban J connectivity index is 2.15.